The molecule has 0 spiro atoms. The Hall–Kier alpha value is -3.44. The molecule has 0 bridgehead atoms. The molecule has 0 radical (unpaired) electrons. The van der Waals surface area contributed by atoms with E-state index in [1.807, 2.05) is 31.2 Å². The van der Waals surface area contributed by atoms with Gasteiger partial charge in [0.1, 0.15) is 0 Å². The quantitative estimate of drug-likeness (QED) is 0.271. The third kappa shape index (κ3) is 6.59. The number of morpholine rings is 1. The van der Waals surface area contributed by atoms with E-state index in [0.717, 1.165) is 20.1 Å². The van der Waals surface area contributed by atoms with Gasteiger partial charge in [-0.05, 0) is 55.0 Å². The summed E-state index contributed by atoms with van der Waals surface area (Å²) in [6.45, 7) is 3.88. The predicted octanol–water partition coefficient (Wildman–Crippen LogP) is 5.71. The summed E-state index contributed by atoms with van der Waals surface area (Å²) in [6, 6.07) is 17.7. The fourth-order valence-electron chi connectivity index (χ4n) is 4.04. The van der Waals surface area contributed by atoms with Gasteiger partial charge in [0.15, 0.2) is 4.34 Å². The Labute approximate surface area is 238 Å². The molecule has 1 aliphatic rings. The number of anilines is 2. The Morgan fingerprint density at radius 2 is 1.72 bits per heavy atom. The second-order valence-corrected chi connectivity index (χ2v) is 11.5. The molecule has 5 rings (SSSR count). The number of hydrogen-bond donors (Lipinski definition) is 2. The summed E-state index contributed by atoms with van der Waals surface area (Å²) in [5, 5.41) is 6.35. The second kappa shape index (κ2) is 12.2. The predicted molar refractivity (Wildman–Crippen MR) is 156 cm³/mol. The van der Waals surface area contributed by atoms with Crippen molar-refractivity contribution in [2.75, 3.05) is 42.7 Å². The van der Waals surface area contributed by atoms with Crippen LogP contribution in [0.25, 0.3) is 10.2 Å². The molecule has 1 aliphatic heterocycles. The summed E-state index contributed by atoms with van der Waals surface area (Å²) in [4.78, 5) is 44.9. The number of ether oxygens (including phenoxy) is 1. The minimum Gasteiger partial charge on any atom is -0.378 e. The lowest BCUT2D eigenvalue weighted by atomic mass is 10.0. The molecule has 0 saturated carbocycles. The highest BCUT2D eigenvalue weighted by molar-refractivity contribution is 8.01. The average Bonchev–Trinajstić information content (AvgIpc) is 3.36. The van der Waals surface area contributed by atoms with Gasteiger partial charge in [-0.2, -0.15) is 0 Å². The van der Waals surface area contributed by atoms with Crippen LogP contribution in [-0.4, -0.2) is 59.7 Å². The van der Waals surface area contributed by atoms with Gasteiger partial charge in [-0.15, -0.1) is 11.3 Å². The first kappa shape index (κ1) is 27.1. The average molecular weight is 581 g/mol. The highest BCUT2D eigenvalue weighted by atomic mass is 35.5. The molecule has 200 valence electrons. The molecule has 39 heavy (non-hydrogen) atoms. The smallest absolute Gasteiger partial charge is 0.256 e. The molecular weight excluding hydrogens is 556 g/mol. The number of carbonyl (C=O) groups excluding carboxylic acids is 3. The van der Waals surface area contributed by atoms with E-state index in [1.54, 1.807) is 41.3 Å². The number of aryl methyl sites for hydroxylation is 1. The maximum absolute atomic E-state index is 13.2. The van der Waals surface area contributed by atoms with Gasteiger partial charge in [-0.25, -0.2) is 4.98 Å². The molecule has 2 heterocycles. The van der Waals surface area contributed by atoms with Crippen LogP contribution in [0.1, 0.15) is 26.3 Å². The van der Waals surface area contributed by atoms with Crippen LogP contribution < -0.4 is 10.6 Å². The molecule has 0 atom stereocenters. The van der Waals surface area contributed by atoms with Crippen molar-refractivity contribution in [3.63, 3.8) is 0 Å². The standard InChI is InChI=1S/C28H25ClN4O4S2/c1-17-6-7-18(14-22(17)29)30-25(34)16-38-28-32-23-9-8-19(15-24(23)39-28)31-26(35)20-4-2-3-5-21(20)27(36)33-10-12-37-13-11-33/h2-9,14-15H,10-13,16H2,1H3,(H,30,34)(H,31,35). The van der Waals surface area contributed by atoms with Crippen molar-refractivity contribution in [3.05, 3.63) is 82.4 Å². The number of thiazole rings is 1. The summed E-state index contributed by atoms with van der Waals surface area (Å²) in [5.74, 6) is -0.503. The monoisotopic (exact) mass is 580 g/mol. The van der Waals surface area contributed by atoms with E-state index >= 15 is 0 Å². The normalized spacial score (nSPS) is 13.3. The second-order valence-electron chi connectivity index (χ2n) is 8.87. The Bertz CT molecular complexity index is 1550. The third-order valence-corrected chi connectivity index (χ3v) is 8.68. The first-order valence-electron chi connectivity index (χ1n) is 12.2. The fourth-order valence-corrected chi connectivity index (χ4v) is 6.13. The molecule has 3 aromatic carbocycles. The van der Waals surface area contributed by atoms with Crippen molar-refractivity contribution in [2.45, 2.75) is 11.3 Å². The zero-order valence-electron chi connectivity index (χ0n) is 21.0. The van der Waals surface area contributed by atoms with E-state index in [0.29, 0.717) is 53.8 Å². The lowest BCUT2D eigenvalue weighted by Gasteiger charge is -2.27. The van der Waals surface area contributed by atoms with Crippen molar-refractivity contribution < 1.29 is 19.1 Å². The summed E-state index contributed by atoms with van der Waals surface area (Å²) >= 11 is 8.92. The number of aromatic nitrogens is 1. The molecule has 0 unspecified atom stereocenters. The summed E-state index contributed by atoms with van der Waals surface area (Å²) in [7, 11) is 0. The minimum absolute atomic E-state index is 0.155. The Kier molecular flexibility index (Phi) is 8.47. The molecule has 4 aromatic rings. The van der Waals surface area contributed by atoms with Crippen LogP contribution in [-0.2, 0) is 9.53 Å². The number of benzene rings is 3. The summed E-state index contributed by atoms with van der Waals surface area (Å²) in [6.07, 6.45) is 0. The lowest BCUT2D eigenvalue weighted by Crippen LogP contribution is -2.41. The highest BCUT2D eigenvalue weighted by Crippen LogP contribution is 2.32. The highest BCUT2D eigenvalue weighted by Gasteiger charge is 2.23. The number of hydrogen-bond acceptors (Lipinski definition) is 7. The molecule has 3 amide bonds. The summed E-state index contributed by atoms with van der Waals surface area (Å²) in [5.41, 5.74) is 3.63. The molecule has 2 N–H and O–H groups in total. The third-order valence-electron chi connectivity index (χ3n) is 6.11. The maximum atomic E-state index is 13.2. The number of halogens is 1. The van der Waals surface area contributed by atoms with E-state index in [4.69, 9.17) is 16.3 Å². The number of thioether (sulfide) groups is 1. The number of nitrogens with one attached hydrogen (secondary N) is 2. The number of rotatable bonds is 7. The van der Waals surface area contributed by atoms with Gasteiger partial charge in [-0.1, -0.05) is 41.6 Å². The number of nitrogens with zero attached hydrogens (tertiary/aromatic N) is 2. The van der Waals surface area contributed by atoms with Gasteiger partial charge in [0.2, 0.25) is 5.91 Å². The van der Waals surface area contributed by atoms with E-state index in [9.17, 15) is 14.4 Å². The van der Waals surface area contributed by atoms with Crippen LogP contribution >= 0.6 is 34.7 Å². The minimum atomic E-state index is -0.362. The molecule has 0 aliphatic carbocycles. The van der Waals surface area contributed by atoms with Crippen molar-refractivity contribution in [1.29, 1.82) is 0 Å². The molecule has 11 heteroatoms. The van der Waals surface area contributed by atoms with E-state index in [2.05, 4.69) is 15.6 Å². The topological polar surface area (TPSA) is 101 Å². The molecule has 1 aromatic heterocycles. The van der Waals surface area contributed by atoms with Crippen molar-refractivity contribution >= 4 is 74.0 Å². The van der Waals surface area contributed by atoms with Gasteiger partial charge < -0.3 is 20.3 Å². The Morgan fingerprint density at radius 1 is 1.00 bits per heavy atom. The first-order valence-corrected chi connectivity index (χ1v) is 14.4. The van der Waals surface area contributed by atoms with Crippen LogP contribution in [0.3, 0.4) is 0 Å². The van der Waals surface area contributed by atoms with Gasteiger partial charge >= 0.3 is 0 Å². The van der Waals surface area contributed by atoms with Gasteiger partial charge in [-0.3, -0.25) is 14.4 Å². The summed E-state index contributed by atoms with van der Waals surface area (Å²) < 4.78 is 6.95. The van der Waals surface area contributed by atoms with Crippen molar-refractivity contribution in [2.24, 2.45) is 0 Å². The molecule has 1 fully saturated rings. The Morgan fingerprint density at radius 3 is 2.49 bits per heavy atom. The molecule has 8 nitrogen and oxygen atoms in total. The fraction of sp³-hybridized carbons (Fsp3) is 0.214. The van der Waals surface area contributed by atoms with Gasteiger partial charge in [0.25, 0.3) is 11.8 Å². The van der Waals surface area contributed by atoms with Crippen LogP contribution in [0.5, 0.6) is 0 Å². The van der Waals surface area contributed by atoms with Crippen LogP contribution in [0.2, 0.25) is 5.02 Å². The number of carbonyl (C=O) groups is 3. The molecular formula is C28H25ClN4O4S2. The van der Waals surface area contributed by atoms with Crippen LogP contribution in [0, 0.1) is 6.92 Å². The van der Waals surface area contributed by atoms with Crippen LogP contribution in [0.4, 0.5) is 11.4 Å². The number of fused-ring (bicyclic) bond motifs is 1. The van der Waals surface area contributed by atoms with E-state index in [-0.39, 0.29) is 23.5 Å². The van der Waals surface area contributed by atoms with Crippen LogP contribution in [0.15, 0.2) is 65.0 Å². The van der Waals surface area contributed by atoms with E-state index < -0.39 is 0 Å². The zero-order valence-corrected chi connectivity index (χ0v) is 23.4. The van der Waals surface area contributed by atoms with Crippen molar-refractivity contribution in [1.82, 2.24) is 9.88 Å². The SMILES string of the molecule is Cc1ccc(NC(=O)CSc2nc3ccc(NC(=O)c4ccccc4C(=O)N4CCOCC4)cc3s2)cc1Cl. The maximum Gasteiger partial charge on any atom is 0.256 e. The van der Waals surface area contributed by atoms with Gasteiger partial charge in [0.05, 0.1) is 40.3 Å². The Balaban J connectivity index is 1.23. The zero-order chi connectivity index (χ0) is 27.4. The lowest BCUT2D eigenvalue weighted by molar-refractivity contribution is -0.113. The largest absolute Gasteiger partial charge is 0.378 e. The van der Waals surface area contributed by atoms with E-state index in [1.165, 1.54) is 23.1 Å². The molecule has 1 saturated heterocycles. The van der Waals surface area contributed by atoms with Crippen molar-refractivity contribution in [3.8, 4) is 0 Å². The first-order chi connectivity index (χ1) is 18.9. The number of amides is 3. The van der Waals surface area contributed by atoms with Gasteiger partial charge in [0, 0.05) is 29.5 Å².